The van der Waals surface area contributed by atoms with Crippen LogP contribution in [0.1, 0.15) is 16.1 Å². The second-order valence-corrected chi connectivity index (χ2v) is 6.88. The first-order valence-electron chi connectivity index (χ1n) is 6.95. The van der Waals surface area contributed by atoms with Gasteiger partial charge in [0, 0.05) is 20.1 Å². The van der Waals surface area contributed by atoms with Crippen LogP contribution in [0.2, 0.25) is 10.0 Å². The number of aromatic nitrogens is 2. The Labute approximate surface area is 156 Å². The predicted octanol–water partition coefficient (Wildman–Crippen LogP) is 5.37. The van der Waals surface area contributed by atoms with Crippen molar-refractivity contribution in [1.29, 1.82) is 0 Å². The summed E-state index contributed by atoms with van der Waals surface area (Å²) in [5.74, 6) is -1.05. The molecule has 0 aliphatic rings. The van der Waals surface area contributed by atoms with Gasteiger partial charge in [-0.1, -0.05) is 51.3 Å². The van der Waals surface area contributed by atoms with Crippen molar-refractivity contribution in [2.24, 2.45) is 0 Å². The van der Waals surface area contributed by atoms with Gasteiger partial charge in [0.25, 0.3) is 0 Å². The van der Waals surface area contributed by atoms with Crippen LogP contribution in [-0.4, -0.2) is 20.9 Å². The Morgan fingerprint density at radius 1 is 1.12 bits per heavy atom. The van der Waals surface area contributed by atoms with Crippen molar-refractivity contribution in [2.75, 3.05) is 0 Å². The summed E-state index contributed by atoms with van der Waals surface area (Å²) in [6.07, 6.45) is 0. The van der Waals surface area contributed by atoms with Crippen molar-refractivity contribution >= 4 is 45.1 Å². The van der Waals surface area contributed by atoms with Crippen molar-refractivity contribution in [2.45, 2.75) is 6.54 Å². The molecule has 0 amide bonds. The molecule has 0 aliphatic heterocycles. The second-order valence-electron chi connectivity index (χ2n) is 5.12. The van der Waals surface area contributed by atoms with Crippen molar-refractivity contribution < 1.29 is 9.90 Å². The van der Waals surface area contributed by atoms with Gasteiger partial charge in [-0.15, -0.1) is 0 Å². The highest BCUT2D eigenvalue weighted by Crippen LogP contribution is 2.25. The Hall–Kier alpha value is -1.82. The SMILES string of the molecule is O=C(O)c1cc(-c2ccc(Br)cc2)nn1Cc1cc(Cl)ccc1Cl. The maximum absolute atomic E-state index is 11.5. The van der Waals surface area contributed by atoms with Gasteiger partial charge in [0.05, 0.1) is 12.2 Å². The molecule has 7 heteroatoms. The van der Waals surface area contributed by atoms with Crippen LogP contribution in [0, 0.1) is 0 Å². The molecule has 24 heavy (non-hydrogen) atoms. The summed E-state index contributed by atoms with van der Waals surface area (Å²) >= 11 is 15.5. The highest BCUT2D eigenvalue weighted by molar-refractivity contribution is 9.10. The average Bonchev–Trinajstić information content (AvgIpc) is 2.96. The third-order valence-corrected chi connectivity index (χ3v) is 4.60. The van der Waals surface area contributed by atoms with Gasteiger partial charge in [0.15, 0.2) is 0 Å². The van der Waals surface area contributed by atoms with Gasteiger partial charge in [-0.25, -0.2) is 4.79 Å². The number of carboxylic acid groups (broad SMARTS) is 1. The molecule has 122 valence electrons. The number of halogens is 3. The minimum Gasteiger partial charge on any atom is -0.477 e. The lowest BCUT2D eigenvalue weighted by Crippen LogP contribution is -2.11. The summed E-state index contributed by atoms with van der Waals surface area (Å²) < 4.78 is 2.35. The third kappa shape index (κ3) is 3.64. The van der Waals surface area contributed by atoms with Gasteiger partial charge in [-0.05, 0) is 42.0 Å². The Kier molecular flexibility index (Phi) is 4.94. The van der Waals surface area contributed by atoms with Crippen LogP contribution in [0.4, 0.5) is 0 Å². The molecule has 0 unspecified atom stereocenters. The molecule has 0 saturated carbocycles. The average molecular weight is 426 g/mol. The summed E-state index contributed by atoms with van der Waals surface area (Å²) in [5, 5.41) is 14.9. The van der Waals surface area contributed by atoms with E-state index in [4.69, 9.17) is 23.2 Å². The molecule has 0 bridgehead atoms. The van der Waals surface area contributed by atoms with E-state index in [1.54, 1.807) is 24.3 Å². The summed E-state index contributed by atoms with van der Waals surface area (Å²) in [7, 11) is 0. The molecular formula is C17H11BrCl2N2O2. The topological polar surface area (TPSA) is 55.1 Å². The summed E-state index contributed by atoms with van der Waals surface area (Å²) in [6, 6.07) is 14.1. The first kappa shape index (κ1) is 17.0. The summed E-state index contributed by atoms with van der Waals surface area (Å²) in [5.41, 5.74) is 2.20. The van der Waals surface area contributed by atoms with Crippen LogP contribution in [0.5, 0.6) is 0 Å². The Bertz CT molecular complexity index is 907. The van der Waals surface area contributed by atoms with Crippen LogP contribution in [-0.2, 0) is 6.54 Å². The second kappa shape index (κ2) is 6.97. The van der Waals surface area contributed by atoms with E-state index in [9.17, 15) is 9.90 Å². The first-order chi connectivity index (χ1) is 11.4. The van der Waals surface area contributed by atoms with Crippen LogP contribution < -0.4 is 0 Å². The standard InChI is InChI=1S/C17H11BrCl2N2O2/c18-12-3-1-10(2-4-12)15-8-16(17(23)24)22(21-15)9-11-7-13(19)5-6-14(11)20/h1-8H,9H2,(H,23,24). The number of nitrogens with zero attached hydrogens (tertiary/aromatic N) is 2. The van der Waals surface area contributed by atoms with Crippen molar-refractivity contribution in [3.05, 3.63) is 74.3 Å². The van der Waals surface area contributed by atoms with Gasteiger partial charge in [-0.3, -0.25) is 4.68 Å². The van der Waals surface area contributed by atoms with Crippen LogP contribution >= 0.6 is 39.1 Å². The molecule has 2 aromatic carbocycles. The molecule has 3 rings (SSSR count). The summed E-state index contributed by atoms with van der Waals surface area (Å²) in [6.45, 7) is 0.220. The van der Waals surface area contributed by atoms with Gasteiger partial charge >= 0.3 is 5.97 Å². The molecule has 1 N–H and O–H groups in total. The van der Waals surface area contributed by atoms with E-state index in [2.05, 4.69) is 21.0 Å². The Morgan fingerprint density at radius 3 is 2.50 bits per heavy atom. The maximum Gasteiger partial charge on any atom is 0.354 e. The highest BCUT2D eigenvalue weighted by atomic mass is 79.9. The highest BCUT2D eigenvalue weighted by Gasteiger charge is 2.16. The molecule has 1 heterocycles. The Morgan fingerprint density at radius 2 is 1.83 bits per heavy atom. The van der Waals surface area contributed by atoms with Crippen molar-refractivity contribution in [3.63, 3.8) is 0 Å². The lowest BCUT2D eigenvalue weighted by atomic mass is 10.1. The minimum absolute atomic E-state index is 0.0870. The predicted molar refractivity (Wildman–Crippen MR) is 97.9 cm³/mol. The number of hydrogen-bond acceptors (Lipinski definition) is 2. The number of benzene rings is 2. The van der Waals surface area contributed by atoms with Crippen LogP contribution in [0.15, 0.2) is 53.0 Å². The van der Waals surface area contributed by atoms with E-state index in [1.807, 2.05) is 24.3 Å². The van der Waals surface area contributed by atoms with Gasteiger partial charge in [0.1, 0.15) is 5.69 Å². The minimum atomic E-state index is -1.05. The molecule has 0 aliphatic carbocycles. The van der Waals surface area contributed by atoms with E-state index in [1.165, 1.54) is 4.68 Å². The molecule has 4 nitrogen and oxygen atoms in total. The molecule has 0 atom stereocenters. The molecular weight excluding hydrogens is 415 g/mol. The first-order valence-corrected chi connectivity index (χ1v) is 8.50. The molecule has 0 radical (unpaired) electrons. The number of carbonyl (C=O) groups is 1. The van der Waals surface area contributed by atoms with Gasteiger partial charge < -0.3 is 5.11 Å². The quantitative estimate of drug-likeness (QED) is 0.611. The molecule has 1 aromatic heterocycles. The van der Waals surface area contributed by atoms with Crippen molar-refractivity contribution in [1.82, 2.24) is 9.78 Å². The number of hydrogen-bond donors (Lipinski definition) is 1. The molecule has 3 aromatic rings. The van der Waals surface area contributed by atoms with Crippen LogP contribution in [0.25, 0.3) is 11.3 Å². The van der Waals surface area contributed by atoms with Gasteiger partial charge in [0.2, 0.25) is 0 Å². The smallest absolute Gasteiger partial charge is 0.354 e. The lowest BCUT2D eigenvalue weighted by Gasteiger charge is -2.07. The van der Waals surface area contributed by atoms with Crippen LogP contribution in [0.3, 0.4) is 0 Å². The number of aromatic carboxylic acids is 1. The number of carboxylic acids is 1. The number of rotatable bonds is 4. The zero-order chi connectivity index (χ0) is 17.3. The monoisotopic (exact) mass is 424 g/mol. The zero-order valence-corrected chi connectivity index (χ0v) is 15.3. The molecule has 0 spiro atoms. The normalized spacial score (nSPS) is 10.8. The fourth-order valence-electron chi connectivity index (χ4n) is 2.30. The fourth-order valence-corrected chi connectivity index (χ4v) is 2.93. The fraction of sp³-hybridized carbons (Fsp3) is 0.0588. The molecule has 0 fully saturated rings. The largest absolute Gasteiger partial charge is 0.477 e. The molecule has 0 saturated heterocycles. The van der Waals surface area contributed by atoms with E-state index < -0.39 is 5.97 Å². The third-order valence-electron chi connectivity index (χ3n) is 3.47. The van der Waals surface area contributed by atoms with E-state index in [-0.39, 0.29) is 12.2 Å². The Balaban J connectivity index is 2.02. The lowest BCUT2D eigenvalue weighted by molar-refractivity contribution is 0.0684. The zero-order valence-electron chi connectivity index (χ0n) is 12.2. The maximum atomic E-state index is 11.5. The van der Waals surface area contributed by atoms with E-state index in [0.717, 1.165) is 10.0 Å². The van der Waals surface area contributed by atoms with E-state index in [0.29, 0.717) is 21.3 Å². The van der Waals surface area contributed by atoms with Gasteiger partial charge in [-0.2, -0.15) is 5.10 Å². The summed E-state index contributed by atoms with van der Waals surface area (Å²) in [4.78, 5) is 11.5. The van der Waals surface area contributed by atoms with Crippen molar-refractivity contribution in [3.8, 4) is 11.3 Å². The van der Waals surface area contributed by atoms with E-state index >= 15 is 0 Å².